The van der Waals surface area contributed by atoms with Gasteiger partial charge in [-0.05, 0) is 61.4 Å². The highest BCUT2D eigenvalue weighted by molar-refractivity contribution is 5.64. The maximum atomic E-state index is 11.1. The molecule has 0 saturated carbocycles. The average molecular weight is 330 g/mol. The van der Waals surface area contributed by atoms with Gasteiger partial charge in [0.2, 0.25) is 0 Å². The van der Waals surface area contributed by atoms with Crippen molar-refractivity contribution < 1.29 is 9.90 Å². The van der Waals surface area contributed by atoms with E-state index in [2.05, 4.69) is 36.9 Å². The molecule has 2 atom stereocenters. The quantitative estimate of drug-likeness (QED) is 0.889. The first-order valence-corrected chi connectivity index (χ1v) is 9.26. The molecule has 0 radical (unpaired) electrons. The van der Waals surface area contributed by atoms with Gasteiger partial charge < -0.3 is 10.0 Å². The van der Waals surface area contributed by atoms with Gasteiger partial charge in [0, 0.05) is 25.6 Å². The van der Waals surface area contributed by atoms with E-state index in [-0.39, 0.29) is 0 Å². The fourth-order valence-electron chi connectivity index (χ4n) is 4.44. The van der Waals surface area contributed by atoms with Gasteiger partial charge in [-0.1, -0.05) is 32.0 Å². The molecule has 0 aromatic heterocycles. The lowest BCUT2D eigenvalue weighted by atomic mass is 9.77. The van der Waals surface area contributed by atoms with Crippen LogP contribution in [0.25, 0.3) is 0 Å². The van der Waals surface area contributed by atoms with Crippen LogP contribution in [0.3, 0.4) is 0 Å². The van der Waals surface area contributed by atoms with Gasteiger partial charge in [0.1, 0.15) is 0 Å². The molecule has 1 aliphatic heterocycles. The maximum Gasteiger partial charge on any atom is 0.407 e. The molecule has 1 aliphatic carbocycles. The van der Waals surface area contributed by atoms with Crippen molar-refractivity contribution >= 4 is 6.09 Å². The summed E-state index contributed by atoms with van der Waals surface area (Å²) in [5, 5.41) is 9.16. The Kier molecular flexibility index (Phi) is 5.14. The lowest BCUT2D eigenvalue weighted by Crippen LogP contribution is -2.36. The van der Waals surface area contributed by atoms with Crippen molar-refractivity contribution in [3.63, 3.8) is 0 Å². The molecule has 1 N–H and O–H groups in total. The highest BCUT2D eigenvalue weighted by atomic mass is 16.4. The van der Waals surface area contributed by atoms with Gasteiger partial charge in [-0.25, -0.2) is 4.79 Å². The number of likely N-dealkylation sites (tertiary alicyclic amines) is 1. The monoisotopic (exact) mass is 330 g/mol. The number of hydrogen-bond donors (Lipinski definition) is 1. The molecule has 1 saturated heterocycles. The van der Waals surface area contributed by atoms with Crippen LogP contribution < -0.4 is 0 Å². The predicted octanol–water partition coefficient (Wildman–Crippen LogP) is 3.95. The minimum absolute atomic E-state index is 0.493. The van der Waals surface area contributed by atoms with E-state index in [1.807, 2.05) is 0 Å². The molecule has 1 aromatic rings. The first kappa shape index (κ1) is 17.3. The van der Waals surface area contributed by atoms with Gasteiger partial charge in [0.25, 0.3) is 0 Å². The number of benzene rings is 1. The molecule has 132 valence electrons. The summed E-state index contributed by atoms with van der Waals surface area (Å²) in [5.74, 6) is 1.40. The van der Waals surface area contributed by atoms with Gasteiger partial charge in [0.05, 0.1) is 0 Å². The van der Waals surface area contributed by atoms with Crippen LogP contribution in [0.2, 0.25) is 0 Å². The van der Waals surface area contributed by atoms with Crippen LogP contribution in [0.15, 0.2) is 18.2 Å². The fourth-order valence-corrected chi connectivity index (χ4v) is 4.44. The van der Waals surface area contributed by atoms with E-state index >= 15 is 0 Å². The summed E-state index contributed by atoms with van der Waals surface area (Å²) in [4.78, 5) is 15.2. The lowest BCUT2D eigenvalue weighted by molar-refractivity contribution is 0.153. The van der Waals surface area contributed by atoms with E-state index in [1.165, 1.54) is 53.9 Å². The molecule has 1 aromatic carbocycles. The minimum atomic E-state index is -0.859. The molecule has 24 heavy (non-hydrogen) atoms. The van der Waals surface area contributed by atoms with Crippen molar-refractivity contribution in [1.29, 1.82) is 0 Å². The third-order valence-electron chi connectivity index (χ3n) is 5.79. The highest BCUT2D eigenvalue weighted by Crippen LogP contribution is 2.42. The summed E-state index contributed by atoms with van der Waals surface area (Å²) in [7, 11) is 1.65. The van der Waals surface area contributed by atoms with Crippen LogP contribution in [0.4, 0.5) is 4.79 Å². The summed E-state index contributed by atoms with van der Waals surface area (Å²) in [6, 6.07) is 7.18. The SMILES string of the molecule is CC(C)CCN1CC[C@@H]2c3cccc(CN(C)C(=O)O)c3CC[C@@H]21. The summed E-state index contributed by atoms with van der Waals surface area (Å²) < 4.78 is 0. The fraction of sp³-hybridized carbons (Fsp3) is 0.650. The topological polar surface area (TPSA) is 43.8 Å². The summed E-state index contributed by atoms with van der Waals surface area (Å²) >= 11 is 0. The average Bonchev–Trinajstić information content (AvgIpc) is 2.96. The second-order valence-corrected chi connectivity index (χ2v) is 7.84. The predicted molar refractivity (Wildman–Crippen MR) is 96.4 cm³/mol. The number of hydrogen-bond acceptors (Lipinski definition) is 2. The molecule has 1 amide bonds. The first-order valence-electron chi connectivity index (χ1n) is 9.26. The zero-order valence-electron chi connectivity index (χ0n) is 15.2. The van der Waals surface area contributed by atoms with Gasteiger partial charge >= 0.3 is 6.09 Å². The largest absolute Gasteiger partial charge is 0.465 e. The van der Waals surface area contributed by atoms with Crippen molar-refractivity contribution in [1.82, 2.24) is 9.80 Å². The molecule has 3 rings (SSSR count). The molecule has 2 aliphatic rings. The van der Waals surface area contributed by atoms with Gasteiger partial charge in [-0.2, -0.15) is 0 Å². The molecule has 0 unspecified atom stereocenters. The normalized spacial score (nSPS) is 23.2. The van der Waals surface area contributed by atoms with Crippen LogP contribution in [-0.4, -0.2) is 47.2 Å². The second-order valence-electron chi connectivity index (χ2n) is 7.84. The summed E-state index contributed by atoms with van der Waals surface area (Å²) in [6.45, 7) is 7.52. The molecule has 0 spiro atoms. The van der Waals surface area contributed by atoms with Crippen molar-refractivity contribution in [2.45, 2.75) is 58.0 Å². The zero-order valence-corrected chi connectivity index (χ0v) is 15.2. The van der Waals surface area contributed by atoms with Crippen molar-refractivity contribution in [2.24, 2.45) is 5.92 Å². The number of carboxylic acid groups (broad SMARTS) is 1. The third-order valence-corrected chi connectivity index (χ3v) is 5.79. The number of amides is 1. The van der Waals surface area contributed by atoms with Gasteiger partial charge in [-0.15, -0.1) is 0 Å². The molecular formula is C20H30N2O2. The number of rotatable bonds is 5. The van der Waals surface area contributed by atoms with Crippen LogP contribution in [-0.2, 0) is 13.0 Å². The van der Waals surface area contributed by atoms with Gasteiger partial charge in [0.15, 0.2) is 0 Å². The molecule has 0 bridgehead atoms. The Balaban J connectivity index is 1.77. The van der Waals surface area contributed by atoms with Crippen LogP contribution in [0, 0.1) is 5.92 Å². The van der Waals surface area contributed by atoms with Crippen molar-refractivity contribution in [2.75, 3.05) is 20.1 Å². The van der Waals surface area contributed by atoms with E-state index in [4.69, 9.17) is 5.11 Å². The lowest BCUT2D eigenvalue weighted by Gasteiger charge is -2.35. The van der Waals surface area contributed by atoms with E-state index in [0.717, 1.165) is 12.3 Å². The Morgan fingerprint density at radius 1 is 1.38 bits per heavy atom. The van der Waals surface area contributed by atoms with E-state index in [1.54, 1.807) is 7.05 Å². The smallest absolute Gasteiger partial charge is 0.407 e. The Labute approximate surface area is 145 Å². The standard InChI is InChI=1S/C20H30N2O2/c1-14(2)9-11-22-12-10-18-17-6-4-5-15(13-21(3)20(23)24)16(17)7-8-19(18)22/h4-6,14,18-19H,7-13H2,1-3H3,(H,23,24)/t18-,19+/m1/s1. The summed E-state index contributed by atoms with van der Waals surface area (Å²) in [6.07, 6.45) is 3.96. The Morgan fingerprint density at radius 2 is 2.17 bits per heavy atom. The van der Waals surface area contributed by atoms with Crippen LogP contribution in [0.1, 0.15) is 55.7 Å². The Morgan fingerprint density at radius 3 is 2.88 bits per heavy atom. The first-order chi connectivity index (χ1) is 11.5. The molecule has 1 heterocycles. The minimum Gasteiger partial charge on any atom is -0.465 e. The number of fused-ring (bicyclic) bond motifs is 3. The molecule has 4 nitrogen and oxygen atoms in total. The van der Waals surface area contributed by atoms with Crippen molar-refractivity contribution in [3.8, 4) is 0 Å². The molecule has 1 fully saturated rings. The van der Waals surface area contributed by atoms with Crippen molar-refractivity contribution in [3.05, 3.63) is 34.9 Å². The Bertz CT molecular complexity index is 599. The maximum absolute atomic E-state index is 11.1. The van der Waals surface area contributed by atoms with Gasteiger partial charge in [-0.3, -0.25) is 4.90 Å². The third kappa shape index (κ3) is 3.44. The highest BCUT2D eigenvalue weighted by Gasteiger charge is 2.38. The second kappa shape index (κ2) is 7.14. The molecule has 4 heteroatoms. The Hall–Kier alpha value is -1.55. The van der Waals surface area contributed by atoms with Crippen LogP contribution in [0.5, 0.6) is 0 Å². The molecular weight excluding hydrogens is 300 g/mol. The zero-order chi connectivity index (χ0) is 17.3. The van der Waals surface area contributed by atoms with E-state index in [0.29, 0.717) is 18.5 Å². The number of carbonyl (C=O) groups is 1. The van der Waals surface area contributed by atoms with E-state index in [9.17, 15) is 4.79 Å². The number of nitrogens with zero attached hydrogens (tertiary/aromatic N) is 2. The summed E-state index contributed by atoms with van der Waals surface area (Å²) in [5.41, 5.74) is 4.09. The van der Waals surface area contributed by atoms with Crippen LogP contribution >= 0.6 is 0 Å². The van der Waals surface area contributed by atoms with E-state index < -0.39 is 6.09 Å².